The summed E-state index contributed by atoms with van der Waals surface area (Å²) in [4.78, 5) is 12.0. The molecule has 1 aromatic rings. The Kier molecular flexibility index (Phi) is 5.46. The van der Waals surface area contributed by atoms with Crippen LogP contribution in [0.5, 0.6) is 0 Å². The van der Waals surface area contributed by atoms with Gasteiger partial charge in [0.1, 0.15) is 0 Å². The molecule has 4 heteroatoms. The molecule has 1 unspecified atom stereocenters. The highest BCUT2D eigenvalue weighted by Crippen LogP contribution is 2.22. The lowest BCUT2D eigenvalue weighted by Gasteiger charge is -2.12. The van der Waals surface area contributed by atoms with Crippen molar-refractivity contribution in [3.63, 3.8) is 0 Å². The minimum absolute atomic E-state index is 0.0920. The van der Waals surface area contributed by atoms with E-state index < -0.39 is 0 Å². The van der Waals surface area contributed by atoms with Gasteiger partial charge in [0.05, 0.1) is 12.7 Å². The number of hydrogen-bond acceptors (Lipinski definition) is 3. The smallest absolute Gasteiger partial charge is 0.225 e. The van der Waals surface area contributed by atoms with Crippen molar-refractivity contribution in [2.75, 3.05) is 11.9 Å². The molecule has 1 aliphatic heterocycles. The van der Waals surface area contributed by atoms with Crippen LogP contribution >= 0.6 is 0 Å². The molecule has 1 saturated heterocycles. The summed E-state index contributed by atoms with van der Waals surface area (Å²) < 4.78 is 5.90. The highest BCUT2D eigenvalue weighted by atomic mass is 16.5. The van der Waals surface area contributed by atoms with E-state index in [0.717, 1.165) is 18.7 Å². The number of hydrogen-bond donors (Lipinski definition) is 2. The quantitative estimate of drug-likeness (QED) is 0.848. The van der Waals surface area contributed by atoms with E-state index in [9.17, 15) is 4.79 Å². The van der Waals surface area contributed by atoms with Crippen LogP contribution in [0.15, 0.2) is 24.3 Å². The van der Waals surface area contributed by atoms with Crippen LogP contribution in [0.4, 0.5) is 5.69 Å². The van der Waals surface area contributed by atoms with Crippen molar-refractivity contribution in [1.29, 1.82) is 0 Å². The topological polar surface area (TPSA) is 50.4 Å². The van der Waals surface area contributed by atoms with E-state index in [4.69, 9.17) is 4.74 Å². The second-order valence-electron chi connectivity index (χ2n) is 6.46. The van der Waals surface area contributed by atoms with Crippen molar-refractivity contribution in [2.45, 2.75) is 63.7 Å². The van der Waals surface area contributed by atoms with Crippen LogP contribution in [0.2, 0.25) is 0 Å². The van der Waals surface area contributed by atoms with Crippen molar-refractivity contribution < 1.29 is 9.53 Å². The van der Waals surface area contributed by atoms with Crippen LogP contribution in [0, 0.1) is 0 Å². The molecule has 2 aliphatic rings. The van der Waals surface area contributed by atoms with Gasteiger partial charge in [0.25, 0.3) is 0 Å². The van der Waals surface area contributed by atoms with Crippen LogP contribution < -0.4 is 10.6 Å². The number of carbonyl (C=O) groups excluding carboxylic acids is 1. The molecule has 0 spiro atoms. The van der Waals surface area contributed by atoms with Gasteiger partial charge in [-0.3, -0.25) is 4.79 Å². The largest absolute Gasteiger partial charge is 0.374 e. The molecule has 0 bridgehead atoms. The first-order valence-corrected chi connectivity index (χ1v) is 8.53. The Labute approximate surface area is 132 Å². The van der Waals surface area contributed by atoms with Crippen molar-refractivity contribution in [3.8, 4) is 0 Å². The van der Waals surface area contributed by atoms with Gasteiger partial charge >= 0.3 is 0 Å². The lowest BCUT2D eigenvalue weighted by Crippen LogP contribution is -2.27. The molecule has 1 atom stereocenters. The van der Waals surface area contributed by atoms with Crippen LogP contribution in [-0.4, -0.2) is 24.6 Å². The molecule has 1 aromatic carbocycles. The summed E-state index contributed by atoms with van der Waals surface area (Å²) in [7, 11) is 0. The zero-order valence-corrected chi connectivity index (χ0v) is 13.1. The van der Waals surface area contributed by atoms with E-state index in [0.29, 0.717) is 25.2 Å². The standard InChI is InChI=1S/C18H26N2O2/c21-18(12-16-4-3-11-19-16)20-15-9-7-14(8-10-15)13-22-17-5-1-2-6-17/h7-10,16-17,19H,1-6,11-13H2,(H,20,21). The van der Waals surface area contributed by atoms with E-state index >= 15 is 0 Å². The molecule has 4 nitrogen and oxygen atoms in total. The summed E-state index contributed by atoms with van der Waals surface area (Å²) in [6.07, 6.45) is 8.27. The van der Waals surface area contributed by atoms with Gasteiger partial charge in [0, 0.05) is 18.2 Å². The van der Waals surface area contributed by atoms with E-state index in [-0.39, 0.29) is 5.91 Å². The van der Waals surface area contributed by atoms with Gasteiger partial charge in [-0.2, -0.15) is 0 Å². The molecule has 1 saturated carbocycles. The van der Waals surface area contributed by atoms with Crippen molar-refractivity contribution >= 4 is 11.6 Å². The Hall–Kier alpha value is -1.39. The minimum Gasteiger partial charge on any atom is -0.374 e. The number of rotatable bonds is 6. The Balaban J connectivity index is 1.43. The molecule has 3 rings (SSSR count). The zero-order valence-electron chi connectivity index (χ0n) is 13.1. The van der Waals surface area contributed by atoms with Gasteiger partial charge in [-0.15, -0.1) is 0 Å². The third-order valence-corrected chi connectivity index (χ3v) is 4.62. The highest BCUT2D eigenvalue weighted by molar-refractivity contribution is 5.91. The van der Waals surface area contributed by atoms with Crippen LogP contribution in [-0.2, 0) is 16.1 Å². The predicted molar refractivity (Wildman–Crippen MR) is 87.8 cm³/mol. The van der Waals surface area contributed by atoms with Crippen molar-refractivity contribution in [2.24, 2.45) is 0 Å². The molecule has 1 amide bonds. The fourth-order valence-electron chi connectivity index (χ4n) is 3.32. The summed E-state index contributed by atoms with van der Waals surface area (Å²) in [5.74, 6) is 0.0920. The Bertz CT molecular complexity index is 474. The number of benzene rings is 1. The zero-order chi connectivity index (χ0) is 15.2. The maximum absolute atomic E-state index is 12.0. The van der Waals surface area contributed by atoms with Crippen LogP contribution in [0.3, 0.4) is 0 Å². The van der Waals surface area contributed by atoms with Crippen LogP contribution in [0.1, 0.15) is 50.5 Å². The molecule has 0 aromatic heterocycles. The predicted octanol–water partition coefficient (Wildman–Crippen LogP) is 3.23. The summed E-state index contributed by atoms with van der Waals surface area (Å²) in [6.45, 7) is 1.71. The van der Waals surface area contributed by atoms with Crippen LogP contribution in [0.25, 0.3) is 0 Å². The average Bonchev–Trinajstić information content (AvgIpc) is 3.20. The number of carbonyl (C=O) groups is 1. The second-order valence-corrected chi connectivity index (χ2v) is 6.46. The number of amides is 1. The Morgan fingerprint density at radius 2 is 1.91 bits per heavy atom. The molecular formula is C18H26N2O2. The number of ether oxygens (including phenoxy) is 1. The van der Waals surface area contributed by atoms with E-state index in [1.54, 1.807) is 0 Å². The average molecular weight is 302 g/mol. The van der Waals surface area contributed by atoms with Crippen molar-refractivity contribution in [1.82, 2.24) is 5.32 Å². The van der Waals surface area contributed by atoms with Gasteiger partial charge in [-0.05, 0) is 49.9 Å². The lowest BCUT2D eigenvalue weighted by molar-refractivity contribution is -0.116. The first-order chi connectivity index (χ1) is 10.8. The Morgan fingerprint density at radius 3 is 2.59 bits per heavy atom. The van der Waals surface area contributed by atoms with E-state index in [1.807, 2.05) is 24.3 Å². The third kappa shape index (κ3) is 4.55. The molecular weight excluding hydrogens is 276 g/mol. The van der Waals surface area contributed by atoms with E-state index in [2.05, 4.69) is 10.6 Å². The maximum atomic E-state index is 12.0. The molecule has 22 heavy (non-hydrogen) atoms. The first kappa shape index (κ1) is 15.5. The maximum Gasteiger partial charge on any atom is 0.225 e. The van der Waals surface area contributed by atoms with Gasteiger partial charge in [0.2, 0.25) is 5.91 Å². The second kappa shape index (κ2) is 7.75. The molecule has 2 fully saturated rings. The van der Waals surface area contributed by atoms with Gasteiger partial charge in [0.15, 0.2) is 0 Å². The fraction of sp³-hybridized carbons (Fsp3) is 0.611. The lowest BCUT2D eigenvalue weighted by atomic mass is 10.1. The summed E-state index contributed by atoms with van der Waals surface area (Å²) in [6, 6.07) is 8.36. The molecule has 1 aliphatic carbocycles. The van der Waals surface area contributed by atoms with Crippen molar-refractivity contribution in [3.05, 3.63) is 29.8 Å². The highest BCUT2D eigenvalue weighted by Gasteiger charge is 2.18. The van der Waals surface area contributed by atoms with E-state index in [1.165, 1.54) is 37.7 Å². The molecule has 0 radical (unpaired) electrons. The molecule has 2 N–H and O–H groups in total. The van der Waals surface area contributed by atoms with Gasteiger partial charge in [-0.25, -0.2) is 0 Å². The molecule has 1 heterocycles. The van der Waals surface area contributed by atoms with Gasteiger partial charge in [-0.1, -0.05) is 25.0 Å². The Morgan fingerprint density at radius 1 is 1.14 bits per heavy atom. The summed E-state index contributed by atoms with van der Waals surface area (Å²) >= 11 is 0. The third-order valence-electron chi connectivity index (χ3n) is 4.62. The number of anilines is 1. The van der Waals surface area contributed by atoms with Gasteiger partial charge < -0.3 is 15.4 Å². The summed E-state index contributed by atoms with van der Waals surface area (Å²) in [5.41, 5.74) is 2.04. The minimum atomic E-state index is 0.0920. The first-order valence-electron chi connectivity index (χ1n) is 8.53. The normalized spacial score (nSPS) is 22.1. The number of nitrogens with one attached hydrogen (secondary N) is 2. The monoisotopic (exact) mass is 302 g/mol. The molecule has 120 valence electrons. The summed E-state index contributed by atoms with van der Waals surface area (Å²) in [5, 5.41) is 6.32. The fourth-order valence-corrected chi connectivity index (χ4v) is 3.32. The SMILES string of the molecule is O=C(CC1CCCN1)Nc1ccc(COC2CCCC2)cc1.